The molecule has 0 rings (SSSR count). The molecule has 17 heteroatoms. The Morgan fingerprint density at radius 2 is 0.412 bits per heavy atom. The van der Waals surface area contributed by atoms with Gasteiger partial charge in [0.15, 0.2) is 0 Å². The summed E-state index contributed by atoms with van der Waals surface area (Å²) in [5, 5.41) is 0. The first-order chi connectivity index (χ1) is 6.93. The standard InChI is InChI=1S/Hf.4Nb.12O/q+4;;;;;;;;;;;;;4*-1. The summed E-state index contributed by atoms with van der Waals surface area (Å²) in [5.41, 5.74) is 0. The molecule has 0 saturated carbocycles. The van der Waals surface area contributed by atoms with E-state index in [2.05, 4.69) is 0 Å². The molecule has 0 spiro atoms. The molecule has 0 fully saturated rings. The number of hydrogen-bond acceptors (Lipinski definition) is 12. The van der Waals surface area contributed by atoms with Crippen molar-refractivity contribution in [3.05, 3.63) is 0 Å². The van der Waals surface area contributed by atoms with Gasteiger partial charge in [0.2, 0.25) is 0 Å². The molecule has 0 aromatic rings. The van der Waals surface area contributed by atoms with Crippen molar-refractivity contribution >= 4 is 0 Å². The van der Waals surface area contributed by atoms with Crippen LogP contribution in [0.1, 0.15) is 0 Å². The summed E-state index contributed by atoms with van der Waals surface area (Å²) in [6.45, 7) is 0. The van der Waals surface area contributed by atoms with Crippen LogP contribution in [0.2, 0.25) is 0 Å². The Hall–Kier alpha value is 2.07. The zero-order chi connectivity index (χ0) is 14.3. The molecule has 0 bridgehead atoms. The van der Waals surface area contributed by atoms with Crippen LogP contribution in [0.4, 0.5) is 0 Å². The Bertz CT molecular complexity index is 292. The zero-order valence-corrected chi connectivity index (χ0v) is 19.6. The Morgan fingerprint density at radius 1 is 0.412 bits per heavy atom. The molecule has 0 N–H and O–H groups in total. The Morgan fingerprint density at radius 3 is 0.412 bits per heavy atom. The van der Waals surface area contributed by atoms with Gasteiger partial charge < -0.3 is 0 Å². The van der Waals surface area contributed by atoms with E-state index in [0.717, 1.165) is 0 Å². The molecule has 0 unspecified atom stereocenters. The number of hydrogen-bond donors (Lipinski definition) is 0. The second-order valence-corrected chi connectivity index (χ2v) is 5.29. The fourth-order valence-corrected chi connectivity index (χ4v) is 0. The van der Waals surface area contributed by atoms with Gasteiger partial charge in [-0.05, 0) is 0 Å². The van der Waals surface area contributed by atoms with E-state index in [4.69, 9.17) is 40.5 Å². The predicted molar refractivity (Wildman–Crippen MR) is 5.49 cm³/mol. The van der Waals surface area contributed by atoms with E-state index in [1.807, 2.05) is 0 Å². The van der Waals surface area contributed by atoms with Gasteiger partial charge in [-0.2, -0.15) is 0 Å². The van der Waals surface area contributed by atoms with Crippen molar-refractivity contribution in [1.82, 2.24) is 0 Å². The van der Waals surface area contributed by atoms with Crippen molar-refractivity contribution < 1.29 is 141 Å². The molecule has 0 amide bonds. The fourth-order valence-electron chi connectivity index (χ4n) is 0. The molecule has 0 radical (unpaired) electrons. The normalized spacial score (nSPS) is 5.88. The summed E-state index contributed by atoms with van der Waals surface area (Å²) in [5.74, 6) is 0. The topological polar surface area (TPSA) is 229 Å². The Labute approximate surface area is 139 Å². The molecule has 0 aromatic carbocycles. The molecule has 17 heavy (non-hydrogen) atoms. The summed E-state index contributed by atoms with van der Waals surface area (Å²) < 4.78 is 103. The van der Waals surface area contributed by atoms with Gasteiger partial charge in [-0.15, -0.1) is 0 Å². The van der Waals surface area contributed by atoms with Crippen molar-refractivity contribution in [2.45, 2.75) is 0 Å². The molecule has 0 aliphatic rings. The van der Waals surface area contributed by atoms with Crippen molar-refractivity contribution in [1.29, 1.82) is 0 Å². The van der Waals surface area contributed by atoms with E-state index < -0.39 is 75.1 Å². The van der Waals surface area contributed by atoms with Crippen LogP contribution < -0.4 is 14.5 Å². The minimum absolute atomic E-state index is 0. The van der Waals surface area contributed by atoms with E-state index in [1.54, 1.807) is 0 Å². The summed E-state index contributed by atoms with van der Waals surface area (Å²) in [6.07, 6.45) is 0. The molecule has 0 heterocycles. The van der Waals surface area contributed by atoms with E-state index in [1.165, 1.54) is 0 Å². The average molecular weight is 742 g/mol. The van der Waals surface area contributed by atoms with Crippen molar-refractivity contribution in [2.75, 3.05) is 0 Å². The van der Waals surface area contributed by atoms with Crippen LogP contribution in [0, 0.1) is 0 Å². The first kappa shape index (κ1) is 31.5. The SMILES string of the molecule is [Hf+4].[O]=[Nb](=[O])[O-].[O]=[Nb](=[O])[O-].[O]=[Nb](=[O])[O-].[O]=[Nb](=[O])[O-]. The van der Waals surface area contributed by atoms with Gasteiger partial charge in [0.25, 0.3) is 0 Å². The van der Waals surface area contributed by atoms with Gasteiger partial charge in [0.1, 0.15) is 0 Å². The quantitative estimate of drug-likeness (QED) is 0.212. The third kappa shape index (κ3) is 1090. The maximum absolute atomic E-state index is 8.60. The summed E-state index contributed by atoms with van der Waals surface area (Å²) in [6, 6.07) is 0. The van der Waals surface area contributed by atoms with Crippen LogP contribution >= 0.6 is 0 Å². The average Bonchev–Trinajstić information content (AvgIpc) is 1.76. The minimum atomic E-state index is -4.20. The molecule has 0 saturated heterocycles. The molecule has 0 aromatic heterocycles. The van der Waals surface area contributed by atoms with Crippen LogP contribution in [-0.2, 0) is 127 Å². The van der Waals surface area contributed by atoms with Gasteiger partial charge >= 0.3 is 141 Å². The van der Waals surface area contributed by atoms with Crippen LogP contribution in [0.15, 0.2) is 0 Å². The van der Waals surface area contributed by atoms with E-state index in [9.17, 15) is 0 Å². The van der Waals surface area contributed by atoms with Crippen molar-refractivity contribution in [3.8, 4) is 0 Å². The fraction of sp³-hybridized carbons (Fsp3) is 0. The van der Waals surface area contributed by atoms with E-state index >= 15 is 0 Å². The van der Waals surface area contributed by atoms with E-state index in [-0.39, 0.29) is 25.8 Å². The number of rotatable bonds is 0. The Kier molecular flexibility index (Phi) is 49.2. The summed E-state index contributed by atoms with van der Waals surface area (Å²) in [4.78, 5) is 0. The molecule has 0 aliphatic heterocycles. The second-order valence-electron chi connectivity index (χ2n) is 0.894. The van der Waals surface area contributed by atoms with Crippen molar-refractivity contribution in [3.63, 3.8) is 0 Å². The molecule has 12 nitrogen and oxygen atoms in total. The third-order valence-electron chi connectivity index (χ3n) is 0. The molecular formula is HfNb4O12. The molecule has 0 aliphatic carbocycles. The maximum atomic E-state index is 8.60. The second kappa shape index (κ2) is 26.6. The summed E-state index contributed by atoms with van der Waals surface area (Å²) >= 11 is -16.8. The van der Waals surface area contributed by atoms with Crippen LogP contribution in [-0.4, -0.2) is 0 Å². The first-order valence-electron chi connectivity index (χ1n) is 2.19. The van der Waals surface area contributed by atoms with Gasteiger partial charge in [-0.25, -0.2) is 0 Å². The van der Waals surface area contributed by atoms with Gasteiger partial charge in [0, 0.05) is 0 Å². The van der Waals surface area contributed by atoms with E-state index in [0.29, 0.717) is 0 Å². The molecular weight excluding hydrogens is 742 g/mol. The van der Waals surface area contributed by atoms with Gasteiger partial charge in [-0.1, -0.05) is 0 Å². The molecule has 0 atom stereocenters. The predicted octanol–water partition coefficient (Wildman–Crippen LogP) is -5.72. The monoisotopic (exact) mass is 744 g/mol. The zero-order valence-electron chi connectivity index (χ0n) is 7.19. The molecule has 96 valence electrons. The third-order valence-corrected chi connectivity index (χ3v) is 0. The van der Waals surface area contributed by atoms with Crippen LogP contribution in [0.3, 0.4) is 0 Å². The van der Waals surface area contributed by atoms with Crippen LogP contribution in [0.5, 0.6) is 0 Å². The Balaban J connectivity index is -0.0000000369. The summed E-state index contributed by atoms with van der Waals surface area (Å²) in [7, 11) is 0. The first-order valence-corrected chi connectivity index (χ1v) is 13.0. The van der Waals surface area contributed by atoms with Crippen molar-refractivity contribution in [2.24, 2.45) is 0 Å². The van der Waals surface area contributed by atoms with Gasteiger partial charge in [0.05, 0.1) is 0 Å². The van der Waals surface area contributed by atoms with Gasteiger partial charge in [-0.3, -0.25) is 0 Å². The van der Waals surface area contributed by atoms with Crippen LogP contribution in [0.25, 0.3) is 0 Å².